The van der Waals surface area contributed by atoms with E-state index >= 15 is 0 Å². The van der Waals surface area contributed by atoms with Crippen molar-refractivity contribution in [3.05, 3.63) is 29.8 Å². The molecule has 0 radical (unpaired) electrons. The molecule has 1 heterocycles. The first-order valence-corrected chi connectivity index (χ1v) is 6.86. The van der Waals surface area contributed by atoms with Gasteiger partial charge in [0.25, 0.3) is 0 Å². The van der Waals surface area contributed by atoms with E-state index in [2.05, 4.69) is 4.90 Å². The zero-order chi connectivity index (χ0) is 12.5. The zero-order valence-corrected chi connectivity index (χ0v) is 10.5. The van der Waals surface area contributed by atoms with Crippen LogP contribution in [-0.2, 0) is 0 Å². The third-order valence-corrected chi connectivity index (χ3v) is 4.43. The lowest BCUT2D eigenvalue weighted by molar-refractivity contribution is 0.0697. The van der Waals surface area contributed by atoms with E-state index in [1.165, 1.54) is 32.1 Å². The molecule has 2 fully saturated rings. The van der Waals surface area contributed by atoms with Crippen molar-refractivity contribution in [2.24, 2.45) is 5.92 Å². The Labute approximate surface area is 107 Å². The fourth-order valence-electron chi connectivity index (χ4n) is 3.54. The molecule has 2 atom stereocenters. The maximum Gasteiger partial charge on any atom is 0.335 e. The Morgan fingerprint density at radius 1 is 1.22 bits per heavy atom. The molecule has 1 saturated heterocycles. The first-order valence-electron chi connectivity index (χ1n) is 6.86. The molecule has 0 aromatic heterocycles. The molecule has 96 valence electrons. The van der Waals surface area contributed by atoms with Crippen LogP contribution < -0.4 is 4.90 Å². The molecule has 1 aliphatic carbocycles. The van der Waals surface area contributed by atoms with Crippen molar-refractivity contribution in [2.45, 2.75) is 38.1 Å². The highest BCUT2D eigenvalue weighted by molar-refractivity contribution is 5.88. The van der Waals surface area contributed by atoms with E-state index in [4.69, 9.17) is 5.11 Å². The molecule has 18 heavy (non-hydrogen) atoms. The van der Waals surface area contributed by atoms with E-state index in [9.17, 15) is 4.79 Å². The van der Waals surface area contributed by atoms with E-state index in [-0.39, 0.29) is 0 Å². The molecular weight excluding hydrogens is 226 g/mol. The summed E-state index contributed by atoms with van der Waals surface area (Å²) in [5.41, 5.74) is 1.48. The van der Waals surface area contributed by atoms with Crippen molar-refractivity contribution in [3.8, 4) is 0 Å². The number of hydrogen-bond acceptors (Lipinski definition) is 2. The largest absolute Gasteiger partial charge is 0.478 e. The van der Waals surface area contributed by atoms with Gasteiger partial charge < -0.3 is 10.0 Å². The lowest BCUT2D eigenvalue weighted by Crippen LogP contribution is -2.34. The van der Waals surface area contributed by atoms with Crippen LogP contribution in [0.3, 0.4) is 0 Å². The predicted octanol–water partition coefficient (Wildman–Crippen LogP) is 3.15. The van der Waals surface area contributed by atoms with Crippen LogP contribution in [0.1, 0.15) is 42.5 Å². The van der Waals surface area contributed by atoms with Crippen molar-refractivity contribution < 1.29 is 9.90 Å². The van der Waals surface area contributed by atoms with Gasteiger partial charge >= 0.3 is 5.97 Å². The standard InChI is InChI=1S/C15H19NO2/c17-15(18)12-5-3-6-13(10-12)16-9-8-11-4-1-2-7-14(11)16/h3,5-6,10-11,14H,1-2,4,7-9H2,(H,17,18). The summed E-state index contributed by atoms with van der Waals surface area (Å²) >= 11 is 0. The number of carbonyl (C=O) groups is 1. The molecular formula is C15H19NO2. The molecule has 0 spiro atoms. The van der Waals surface area contributed by atoms with Crippen LogP contribution in [0, 0.1) is 5.92 Å². The summed E-state index contributed by atoms with van der Waals surface area (Å²) in [5, 5.41) is 9.07. The number of hydrogen-bond donors (Lipinski definition) is 1. The summed E-state index contributed by atoms with van der Waals surface area (Å²) in [4.78, 5) is 13.5. The fraction of sp³-hybridized carbons (Fsp3) is 0.533. The van der Waals surface area contributed by atoms with Crippen LogP contribution in [-0.4, -0.2) is 23.7 Å². The molecule has 0 amide bonds. The second-order valence-corrected chi connectivity index (χ2v) is 5.45. The predicted molar refractivity (Wildman–Crippen MR) is 71.1 cm³/mol. The van der Waals surface area contributed by atoms with Crippen molar-refractivity contribution in [1.82, 2.24) is 0 Å². The molecule has 3 heteroatoms. The number of rotatable bonds is 2. The summed E-state index contributed by atoms with van der Waals surface area (Å²) in [6.07, 6.45) is 6.56. The highest BCUT2D eigenvalue weighted by Gasteiger charge is 2.35. The molecule has 1 saturated carbocycles. The summed E-state index contributed by atoms with van der Waals surface area (Å²) < 4.78 is 0. The van der Waals surface area contributed by atoms with Gasteiger partial charge in [-0.2, -0.15) is 0 Å². The highest BCUT2D eigenvalue weighted by Crippen LogP contribution is 2.38. The first-order chi connectivity index (χ1) is 8.75. The molecule has 2 aliphatic rings. The van der Waals surface area contributed by atoms with Gasteiger partial charge in [0.1, 0.15) is 0 Å². The van der Waals surface area contributed by atoms with Crippen molar-refractivity contribution in [1.29, 1.82) is 0 Å². The van der Waals surface area contributed by atoms with Gasteiger partial charge in [0.05, 0.1) is 5.56 Å². The maximum absolute atomic E-state index is 11.0. The molecule has 1 aliphatic heterocycles. The van der Waals surface area contributed by atoms with Crippen LogP contribution in [0.15, 0.2) is 24.3 Å². The van der Waals surface area contributed by atoms with Crippen molar-refractivity contribution in [2.75, 3.05) is 11.4 Å². The van der Waals surface area contributed by atoms with Gasteiger partial charge in [-0.15, -0.1) is 0 Å². The van der Waals surface area contributed by atoms with Crippen molar-refractivity contribution in [3.63, 3.8) is 0 Å². The number of fused-ring (bicyclic) bond motifs is 1. The number of carboxylic acids is 1. The molecule has 2 unspecified atom stereocenters. The number of aromatic carboxylic acids is 1. The maximum atomic E-state index is 11.0. The zero-order valence-electron chi connectivity index (χ0n) is 10.5. The van der Waals surface area contributed by atoms with Gasteiger partial charge in [-0.05, 0) is 43.4 Å². The molecule has 1 N–H and O–H groups in total. The molecule has 1 aromatic rings. The average Bonchev–Trinajstić information content (AvgIpc) is 2.82. The van der Waals surface area contributed by atoms with Crippen LogP contribution in [0.4, 0.5) is 5.69 Å². The van der Waals surface area contributed by atoms with E-state index in [1.807, 2.05) is 18.2 Å². The minimum Gasteiger partial charge on any atom is -0.478 e. The number of nitrogens with zero attached hydrogens (tertiary/aromatic N) is 1. The molecule has 1 aromatic carbocycles. The van der Waals surface area contributed by atoms with Crippen LogP contribution in [0.2, 0.25) is 0 Å². The monoisotopic (exact) mass is 245 g/mol. The van der Waals surface area contributed by atoms with Gasteiger partial charge in [0.2, 0.25) is 0 Å². The average molecular weight is 245 g/mol. The lowest BCUT2D eigenvalue weighted by atomic mass is 9.85. The first kappa shape index (κ1) is 11.6. The number of carboxylic acid groups (broad SMARTS) is 1. The number of benzene rings is 1. The van der Waals surface area contributed by atoms with E-state index in [0.717, 1.165) is 18.2 Å². The van der Waals surface area contributed by atoms with Gasteiger partial charge in [-0.25, -0.2) is 4.79 Å². The minimum atomic E-state index is -0.837. The molecule has 3 rings (SSSR count). The molecule has 0 bridgehead atoms. The van der Waals surface area contributed by atoms with E-state index in [0.29, 0.717) is 11.6 Å². The third-order valence-electron chi connectivity index (χ3n) is 4.43. The molecule has 3 nitrogen and oxygen atoms in total. The van der Waals surface area contributed by atoms with E-state index < -0.39 is 5.97 Å². The van der Waals surface area contributed by atoms with Crippen LogP contribution in [0.25, 0.3) is 0 Å². The second kappa shape index (κ2) is 4.63. The summed E-state index contributed by atoms with van der Waals surface area (Å²) in [6, 6.07) is 8.03. The summed E-state index contributed by atoms with van der Waals surface area (Å²) in [5.74, 6) is -0.0107. The third kappa shape index (κ3) is 1.98. The fourth-order valence-corrected chi connectivity index (χ4v) is 3.54. The van der Waals surface area contributed by atoms with Gasteiger partial charge in [0.15, 0.2) is 0 Å². The quantitative estimate of drug-likeness (QED) is 0.870. The second-order valence-electron chi connectivity index (χ2n) is 5.45. The Bertz CT molecular complexity index is 458. The lowest BCUT2D eigenvalue weighted by Gasteiger charge is -2.33. The Morgan fingerprint density at radius 2 is 2.06 bits per heavy atom. The smallest absolute Gasteiger partial charge is 0.335 e. The Balaban J connectivity index is 1.86. The van der Waals surface area contributed by atoms with Crippen molar-refractivity contribution >= 4 is 11.7 Å². The van der Waals surface area contributed by atoms with Gasteiger partial charge in [0, 0.05) is 18.3 Å². The minimum absolute atomic E-state index is 0.395. The Hall–Kier alpha value is -1.51. The van der Waals surface area contributed by atoms with Crippen LogP contribution in [0.5, 0.6) is 0 Å². The number of anilines is 1. The normalized spacial score (nSPS) is 27.0. The van der Waals surface area contributed by atoms with Gasteiger partial charge in [-0.1, -0.05) is 18.9 Å². The summed E-state index contributed by atoms with van der Waals surface area (Å²) in [7, 11) is 0. The van der Waals surface area contributed by atoms with Crippen LogP contribution >= 0.6 is 0 Å². The van der Waals surface area contributed by atoms with Gasteiger partial charge in [-0.3, -0.25) is 0 Å². The topological polar surface area (TPSA) is 40.5 Å². The highest BCUT2D eigenvalue weighted by atomic mass is 16.4. The Kier molecular flexibility index (Phi) is 2.98. The Morgan fingerprint density at radius 3 is 2.89 bits per heavy atom. The summed E-state index contributed by atoms with van der Waals surface area (Å²) in [6.45, 7) is 1.08. The SMILES string of the molecule is O=C(O)c1cccc(N2CCC3CCCCC32)c1. The van der Waals surface area contributed by atoms with E-state index in [1.54, 1.807) is 6.07 Å².